The minimum Gasteiger partial charge on any atom is -0.467 e. The number of rotatable bonds is 10. The summed E-state index contributed by atoms with van der Waals surface area (Å²) in [5, 5.41) is 8.72. The van der Waals surface area contributed by atoms with Crippen LogP contribution in [-0.2, 0) is 22.7 Å². The number of carbonyl (C=O) groups excluding carboxylic acids is 2. The molecule has 156 valence electrons. The van der Waals surface area contributed by atoms with E-state index in [1.165, 1.54) is 0 Å². The molecule has 7 nitrogen and oxygen atoms in total. The molecule has 1 aromatic carbocycles. The van der Waals surface area contributed by atoms with Crippen molar-refractivity contribution in [1.29, 1.82) is 0 Å². The molecule has 0 unspecified atom stereocenters. The molecule has 7 heteroatoms. The molecule has 1 heterocycles. The second-order valence-electron chi connectivity index (χ2n) is 7.32. The van der Waals surface area contributed by atoms with Crippen LogP contribution >= 0.6 is 0 Å². The topological polar surface area (TPSA) is 92.6 Å². The van der Waals surface area contributed by atoms with Gasteiger partial charge in [0, 0.05) is 19.7 Å². The molecule has 29 heavy (non-hydrogen) atoms. The maximum atomic E-state index is 12.8. The average molecular weight is 399 g/mol. The maximum absolute atomic E-state index is 12.8. The van der Waals surface area contributed by atoms with Gasteiger partial charge in [-0.05, 0) is 37.0 Å². The third-order valence-corrected chi connectivity index (χ3v) is 5.12. The molecule has 1 aromatic heterocycles. The molecule has 0 spiro atoms. The third kappa shape index (κ3) is 6.35. The van der Waals surface area contributed by atoms with E-state index in [4.69, 9.17) is 9.15 Å². The van der Waals surface area contributed by atoms with Gasteiger partial charge < -0.3 is 25.1 Å². The van der Waals surface area contributed by atoms with Crippen LogP contribution in [0, 0.1) is 0 Å². The number of nitrogens with one attached hydrogen (secondary N) is 3. The van der Waals surface area contributed by atoms with E-state index >= 15 is 0 Å². The van der Waals surface area contributed by atoms with Crippen LogP contribution in [0.2, 0.25) is 0 Å². The lowest BCUT2D eigenvalue weighted by molar-refractivity contribution is -0.127. The molecule has 1 aliphatic rings. The highest BCUT2D eigenvalue weighted by Gasteiger charge is 2.42. The highest BCUT2D eigenvalue weighted by molar-refractivity contribution is 5.91. The standard InChI is InChI=1S/C22H29N3O4/c26-20(23-13-7-14-28-17-19-10-6-15-29-19)22(11-4-5-12-22)25-21(27)24-16-18-8-2-1-3-9-18/h1-3,6,8-10,15H,4-5,7,11-14,16-17H2,(H,23,26)(H2,24,25,27). The summed E-state index contributed by atoms with van der Waals surface area (Å²) in [5.41, 5.74) is 0.192. The number of amides is 3. The highest BCUT2D eigenvalue weighted by atomic mass is 16.5. The van der Waals surface area contributed by atoms with E-state index in [1.807, 2.05) is 42.5 Å². The van der Waals surface area contributed by atoms with Gasteiger partial charge in [0.1, 0.15) is 17.9 Å². The minimum absolute atomic E-state index is 0.115. The molecule has 0 saturated heterocycles. The quantitative estimate of drug-likeness (QED) is 0.535. The Hall–Kier alpha value is -2.80. The van der Waals surface area contributed by atoms with Crippen LogP contribution in [0.25, 0.3) is 0 Å². The molecular formula is C22H29N3O4. The van der Waals surface area contributed by atoms with Gasteiger partial charge in [-0.25, -0.2) is 4.79 Å². The Morgan fingerprint density at radius 3 is 2.55 bits per heavy atom. The van der Waals surface area contributed by atoms with Crippen LogP contribution in [-0.4, -0.2) is 30.6 Å². The Morgan fingerprint density at radius 1 is 1.03 bits per heavy atom. The second-order valence-corrected chi connectivity index (χ2v) is 7.32. The SMILES string of the molecule is O=C(NCc1ccccc1)NC1(C(=O)NCCCOCc2ccco2)CCCC1. The van der Waals surface area contributed by atoms with Crippen molar-refractivity contribution in [1.82, 2.24) is 16.0 Å². The summed E-state index contributed by atoms with van der Waals surface area (Å²) in [5.74, 6) is 0.667. The molecule has 3 rings (SSSR count). The molecule has 0 atom stereocenters. The third-order valence-electron chi connectivity index (χ3n) is 5.12. The van der Waals surface area contributed by atoms with Gasteiger partial charge in [-0.1, -0.05) is 43.2 Å². The largest absolute Gasteiger partial charge is 0.467 e. The smallest absolute Gasteiger partial charge is 0.315 e. The fourth-order valence-electron chi connectivity index (χ4n) is 3.54. The van der Waals surface area contributed by atoms with Gasteiger partial charge in [0.05, 0.1) is 6.26 Å². The van der Waals surface area contributed by atoms with E-state index in [1.54, 1.807) is 6.26 Å². The highest BCUT2D eigenvalue weighted by Crippen LogP contribution is 2.29. The second kappa shape index (κ2) is 10.7. The molecule has 3 N–H and O–H groups in total. The Balaban J connectivity index is 1.38. The van der Waals surface area contributed by atoms with E-state index in [0.29, 0.717) is 45.6 Å². The van der Waals surface area contributed by atoms with Crippen LogP contribution in [0.3, 0.4) is 0 Å². The van der Waals surface area contributed by atoms with E-state index in [0.717, 1.165) is 24.2 Å². The van der Waals surface area contributed by atoms with E-state index in [-0.39, 0.29) is 11.9 Å². The fourth-order valence-corrected chi connectivity index (χ4v) is 3.54. The summed E-state index contributed by atoms with van der Waals surface area (Å²) >= 11 is 0. The normalized spacial score (nSPS) is 15.0. The molecule has 3 amide bonds. The lowest BCUT2D eigenvalue weighted by atomic mass is 9.96. The lowest BCUT2D eigenvalue weighted by Crippen LogP contribution is -2.59. The van der Waals surface area contributed by atoms with Crippen molar-refractivity contribution in [3.05, 3.63) is 60.1 Å². The van der Waals surface area contributed by atoms with Crippen molar-refractivity contribution in [2.24, 2.45) is 0 Å². The number of furan rings is 1. The van der Waals surface area contributed by atoms with Crippen molar-refractivity contribution in [2.75, 3.05) is 13.2 Å². The van der Waals surface area contributed by atoms with Gasteiger partial charge in [0.2, 0.25) is 5.91 Å². The number of carbonyl (C=O) groups is 2. The molecule has 0 bridgehead atoms. The van der Waals surface area contributed by atoms with Crippen LogP contribution in [0.4, 0.5) is 4.79 Å². The first-order chi connectivity index (χ1) is 14.2. The molecule has 0 radical (unpaired) electrons. The predicted octanol–water partition coefficient (Wildman–Crippen LogP) is 3.11. The number of benzene rings is 1. The van der Waals surface area contributed by atoms with E-state index in [9.17, 15) is 9.59 Å². The first kappa shape index (κ1) is 20.9. The summed E-state index contributed by atoms with van der Waals surface area (Å²) in [6.07, 6.45) is 5.49. The number of hydrogen-bond acceptors (Lipinski definition) is 4. The van der Waals surface area contributed by atoms with Gasteiger partial charge in [-0.15, -0.1) is 0 Å². The van der Waals surface area contributed by atoms with Crippen LogP contribution in [0.1, 0.15) is 43.4 Å². The summed E-state index contributed by atoms with van der Waals surface area (Å²) in [7, 11) is 0. The van der Waals surface area contributed by atoms with Crippen molar-refractivity contribution in [2.45, 2.75) is 50.8 Å². The summed E-state index contributed by atoms with van der Waals surface area (Å²) in [6.45, 7) is 1.89. The lowest BCUT2D eigenvalue weighted by Gasteiger charge is -2.29. The molecule has 1 saturated carbocycles. The Kier molecular flexibility index (Phi) is 7.69. The van der Waals surface area contributed by atoms with Crippen molar-refractivity contribution in [3.63, 3.8) is 0 Å². The van der Waals surface area contributed by atoms with Gasteiger partial charge in [-0.2, -0.15) is 0 Å². The molecule has 0 aliphatic heterocycles. The van der Waals surface area contributed by atoms with E-state index < -0.39 is 5.54 Å². The number of urea groups is 1. The van der Waals surface area contributed by atoms with Crippen LogP contribution in [0.15, 0.2) is 53.1 Å². The Bertz CT molecular complexity index is 756. The van der Waals surface area contributed by atoms with Gasteiger partial charge in [0.15, 0.2) is 0 Å². The summed E-state index contributed by atoms with van der Waals surface area (Å²) < 4.78 is 10.7. The molecule has 1 aliphatic carbocycles. The van der Waals surface area contributed by atoms with Gasteiger partial charge >= 0.3 is 6.03 Å². The first-order valence-corrected chi connectivity index (χ1v) is 10.2. The summed E-state index contributed by atoms with van der Waals surface area (Å²) in [6, 6.07) is 13.1. The average Bonchev–Trinajstić information content (AvgIpc) is 3.42. The minimum atomic E-state index is -0.824. The number of hydrogen-bond donors (Lipinski definition) is 3. The zero-order valence-corrected chi connectivity index (χ0v) is 16.6. The van der Waals surface area contributed by atoms with Crippen LogP contribution in [0.5, 0.6) is 0 Å². The first-order valence-electron chi connectivity index (χ1n) is 10.2. The van der Waals surface area contributed by atoms with E-state index in [2.05, 4.69) is 16.0 Å². The number of ether oxygens (including phenoxy) is 1. The van der Waals surface area contributed by atoms with Crippen LogP contribution < -0.4 is 16.0 Å². The van der Waals surface area contributed by atoms with Crippen molar-refractivity contribution >= 4 is 11.9 Å². The molecule has 1 fully saturated rings. The summed E-state index contributed by atoms with van der Waals surface area (Å²) in [4.78, 5) is 25.2. The van der Waals surface area contributed by atoms with Gasteiger partial charge in [0.25, 0.3) is 0 Å². The predicted molar refractivity (Wildman–Crippen MR) is 109 cm³/mol. The van der Waals surface area contributed by atoms with Crippen molar-refractivity contribution < 1.29 is 18.7 Å². The van der Waals surface area contributed by atoms with Crippen molar-refractivity contribution in [3.8, 4) is 0 Å². The fraction of sp³-hybridized carbons (Fsp3) is 0.455. The molecule has 2 aromatic rings. The molecular weight excluding hydrogens is 370 g/mol. The Labute approximate surface area is 171 Å². The Morgan fingerprint density at radius 2 is 1.83 bits per heavy atom. The monoisotopic (exact) mass is 399 g/mol. The van der Waals surface area contributed by atoms with Gasteiger partial charge in [-0.3, -0.25) is 4.79 Å². The maximum Gasteiger partial charge on any atom is 0.315 e. The zero-order valence-electron chi connectivity index (χ0n) is 16.6. The zero-order chi connectivity index (χ0) is 20.4.